The molecule has 4 rings (SSSR count). The number of phenolic OH excluding ortho intramolecular Hbond substituents is 2. The second-order valence-electron chi connectivity index (χ2n) is 9.00. The van der Waals surface area contributed by atoms with Crippen LogP contribution in [-0.4, -0.2) is 68.1 Å². The summed E-state index contributed by atoms with van der Waals surface area (Å²) in [6, 6.07) is 8.77. The van der Waals surface area contributed by atoms with Gasteiger partial charge in [0.05, 0.1) is 18.7 Å². The molecule has 3 N–H and O–H groups in total. The molecule has 2 aromatic carbocycles. The minimum atomic E-state index is -0.124. The number of likely N-dealkylation sites (tertiary alicyclic amines) is 1. The van der Waals surface area contributed by atoms with Crippen molar-refractivity contribution in [2.24, 2.45) is 0 Å². The van der Waals surface area contributed by atoms with E-state index in [1.54, 1.807) is 22.8 Å². The zero-order valence-electron chi connectivity index (χ0n) is 20.5. The third kappa shape index (κ3) is 4.87. The number of carbonyl (C=O) groups excluding carboxylic acids is 1. The van der Waals surface area contributed by atoms with Gasteiger partial charge in [-0.2, -0.15) is 0 Å². The molecule has 0 saturated carbocycles. The molecule has 1 aliphatic rings. The van der Waals surface area contributed by atoms with E-state index >= 15 is 0 Å². The Morgan fingerprint density at radius 2 is 1.83 bits per heavy atom. The Kier molecular flexibility index (Phi) is 7.09. The number of nitrogens with zero attached hydrogens (tertiary/aromatic N) is 5. The van der Waals surface area contributed by atoms with Crippen molar-refractivity contribution in [2.75, 3.05) is 26.7 Å². The van der Waals surface area contributed by atoms with Gasteiger partial charge in [-0.1, -0.05) is 19.9 Å². The summed E-state index contributed by atoms with van der Waals surface area (Å²) in [6.45, 7) is 7.84. The summed E-state index contributed by atoms with van der Waals surface area (Å²) in [5.74, 6) is 1.11. The standard InChI is InChI=1S/C25H32N6O4/c1-5-26-25(34)30-10-8-17(9-11-30)31-24(27-28-29-31)20-13-18(21(32)14-22(20)33)19-12-16(15(2)3)6-7-23(19)35-4/h6-7,12-15,17,32-33H,5,8-11H2,1-4H3,(H,26,34). The fourth-order valence-electron chi connectivity index (χ4n) is 4.46. The second-order valence-corrected chi connectivity index (χ2v) is 9.00. The quantitative estimate of drug-likeness (QED) is 0.488. The van der Waals surface area contributed by atoms with Gasteiger partial charge in [0.15, 0.2) is 5.82 Å². The van der Waals surface area contributed by atoms with Gasteiger partial charge in [-0.25, -0.2) is 9.48 Å². The normalized spacial score (nSPS) is 14.4. The van der Waals surface area contributed by atoms with E-state index in [2.05, 4.69) is 34.7 Å². The molecule has 0 unspecified atom stereocenters. The summed E-state index contributed by atoms with van der Waals surface area (Å²) in [5, 5.41) is 36.6. The molecule has 35 heavy (non-hydrogen) atoms. The molecule has 1 saturated heterocycles. The molecule has 0 spiro atoms. The van der Waals surface area contributed by atoms with Gasteiger partial charge in [0.1, 0.15) is 17.2 Å². The second kappa shape index (κ2) is 10.2. The molecule has 0 bridgehead atoms. The van der Waals surface area contributed by atoms with Crippen LogP contribution in [0.4, 0.5) is 4.79 Å². The molecule has 2 heterocycles. The number of hydrogen-bond acceptors (Lipinski definition) is 7. The molecule has 0 aliphatic carbocycles. The van der Waals surface area contributed by atoms with Crippen molar-refractivity contribution in [1.82, 2.24) is 30.4 Å². The number of hydrogen-bond donors (Lipinski definition) is 3. The number of amides is 2. The van der Waals surface area contributed by atoms with Crippen LogP contribution in [0.25, 0.3) is 22.5 Å². The van der Waals surface area contributed by atoms with Crippen molar-refractivity contribution in [3.8, 4) is 39.8 Å². The topological polar surface area (TPSA) is 126 Å². The number of methoxy groups -OCH3 is 1. The van der Waals surface area contributed by atoms with Crippen LogP contribution in [0.15, 0.2) is 30.3 Å². The minimum Gasteiger partial charge on any atom is -0.507 e. The SMILES string of the molecule is CCNC(=O)N1CCC(n2nnnc2-c2cc(-c3cc(C(C)C)ccc3OC)c(O)cc2O)CC1. The number of nitrogens with one attached hydrogen (secondary N) is 1. The smallest absolute Gasteiger partial charge is 0.317 e. The molecule has 1 aliphatic heterocycles. The molecule has 3 aromatic rings. The van der Waals surface area contributed by atoms with Gasteiger partial charge in [0.2, 0.25) is 0 Å². The van der Waals surface area contributed by atoms with Crippen LogP contribution in [0.5, 0.6) is 17.2 Å². The third-order valence-electron chi connectivity index (χ3n) is 6.45. The highest BCUT2D eigenvalue weighted by atomic mass is 16.5. The van der Waals surface area contributed by atoms with Crippen molar-refractivity contribution in [2.45, 2.75) is 45.6 Å². The zero-order chi connectivity index (χ0) is 25.1. The lowest BCUT2D eigenvalue weighted by Crippen LogP contribution is -2.44. The lowest BCUT2D eigenvalue weighted by molar-refractivity contribution is 0.169. The van der Waals surface area contributed by atoms with Crippen molar-refractivity contribution >= 4 is 6.03 Å². The van der Waals surface area contributed by atoms with Crippen LogP contribution in [0.2, 0.25) is 0 Å². The molecule has 186 valence electrons. The highest BCUT2D eigenvalue weighted by Crippen LogP contribution is 2.43. The average molecular weight is 481 g/mol. The number of carbonyl (C=O) groups is 1. The number of benzene rings is 2. The summed E-state index contributed by atoms with van der Waals surface area (Å²) in [7, 11) is 1.58. The first-order valence-electron chi connectivity index (χ1n) is 11.9. The van der Waals surface area contributed by atoms with E-state index in [4.69, 9.17) is 4.74 Å². The maximum atomic E-state index is 12.1. The highest BCUT2D eigenvalue weighted by Gasteiger charge is 2.28. The van der Waals surface area contributed by atoms with Gasteiger partial charge in [-0.05, 0) is 59.9 Å². The highest BCUT2D eigenvalue weighted by molar-refractivity contribution is 5.82. The van der Waals surface area contributed by atoms with E-state index in [1.165, 1.54) is 6.07 Å². The largest absolute Gasteiger partial charge is 0.507 e. The molecule has 0 atom stereocenters. The Balaban J connectivity index is 1.69. The van der Waals surface area contributed by atoms with Crippen molar-refractivity contribution in [1.29, 1.82) is 0 Å². The lowest BCUT2D eigenvalue weighted by atomic mass is 9.94. The minimum absolute atomic E-state index is 0.0267. The average Bonchev–Trinajstić information content (AvgIpc) is 3.33. The zero-order valence-corrected chi connectivity index (χ0v) is 20.5. The summed E-state index contributed by atoms with van der Waals surface area (Å²) < 4.78 is 7.26. The molecule has 2 amide bonds. The van der Waals surface area contributed by atoms with Crippen LogP contribution in [-0.2, 0) is 0 Å². The fraction of sp³-hybridized carbons (Fsp3) is 0.440. The van der Waals surface area contributed by atoms with Crippen LogP contribution in [0, 0.1) is 0 Å². The first-order valence-corrected chi connectivity index (χ1v) is 11.9. The number of aromatic hydroxyl groups is 2. The first kappa shape index (κ1) is 24.3. The maximum Gasteiger partial charge on any atom is 0.317 e. The molecule has 1 aromatic heterocycles. The van der Waals surface area contributed by atoms with Gasteiger partial charge in [0.25, 0.3) is 0 Å². The van der Waals surface area contributed by atoms with E-state index in [0.29, 0.717) is 60.7 Å². The summed E-state index contributed by atoms with van der Waals surface area (Å²) in [5.41, 5.74) is 2.73. The molecule has 1 fully saturated rings. The lowest BCUT2D eigenvalue weighted by Gasteiger charge is -2.32. The van der Waals surface area contributed by atoms with E-state index in [1.807, 2.05) is 25.1 Å². The van der Waals surface area contributed by atoms with Crippen molar-refractivity contribution < 1.29 is 19.7 Å². The Morgan fingerprint density at radius 3 is 2.49 bits per heavy atom. The van der Waals surface area contributed by atoms with E-state index in [9.17, 15) is 15.0 Å². The number of rotatable bonds is 6. The predicted octanol–water partition coefficient (Wildman–Crippen LogP) is 3.92. The van der Waals surface area contributed by atoms with Gasteiger partial charge >= 0.3 is 6.03 Å². The van der Waals surface area contributed by atoms with E-state index < -0.39 is 0 Å². The van der Waals surface area contributed by atoms with E-state index in [-0.39, 0.29) is 29.5 Å². The van der Waals surface area contributed by atoms with Gasteiger partial charge in [-0.15, -0.1) is 5.10 Å². The Bertz CT molecular complexity index is 1200. The Morgan fingerprint density at radius 1 is 1.11 bits per heavy atom. The van der Waals surface area contributed by atoms with Crippen LogP contribution in [0.3, 0.4) is 0 Å². The Hall–Kier alpha value is -3.82. The van der Waals surface area contributed by atoms with Crippen LogP contribution in [0.1, 0.15) is 51.1 Å². The maximum absolute atomic E-state index is 12.1. The summed E-state index contributed by atoms with van der Waals surface area (Å²) >= 11 is 0. The molecule has 10 nitrogen and oxygen atoms in total. The van der Waals surface area contributed by atoms with Crippen LogP contribution < -0.4 is 10.1 Å². The van der Waals surface area contributed by atoms with E-state index in [0.717, 1.165) is 5.56 Å². The number of urea groups is 1. The molecular weight excluding hydrogens is 448 g/mol. The van der Waals surface area contributed by atoms with Crippen molar-refractivity contribution in [3.05, 3.63) is 35.9 Å². The monoisotopic (exact) mass is 480 g/mol. The first-order chi connectivity index (χ1) is 16.8. The number of piperidine rings is 1. The van der Waals surface area contributed by atoms with Crippen LogP contribution >= 0.6 is 0 Å². The Labute approximate surface area is 204 Å². The summed E-state index contributed by atoms with van der Waals surface area (Å²) in [4.78, 5) is 13.9. The van der Waals surface area contributed by atoms with Gasteiger partial charge in [0, 0.05) is 36.8 Å². The number of phenols is 2. The third-order valence-corrected chi connectivity index (χ3v) is 6.45. The molecular formula is C25H32N6O4. The predicted molar refractivity (Wildman–Crippen MR) is 132 cm³/mol. The van der Waals surface area contributed by atoms with Gasteiger partial charge < -0.3 is 25.2 Å². The van der Waals surface area contributed by atoms with Gasteiger partial charge in [-0.3, -0.25) is 0 Å². The number of tetrazole rings is 1. The summed E-state index contributed by atoms with van der Waals surface area (Å²) in [6.07, 6.45) is 1.37. The van der Waals surface area contributed by atoms with Crippen molar-refractivity contribution in [3.63, 3.8) is 0 Å². The molecule has 10 heteroatoms. The number of ether oxygens (including phenoxy) is 1. The fourth-order valence-corrected chi connectivity index (χ4v) is 4.46. The molecule has 0 radical (unpaired) electrons. The number of aromatic nitrogens is 4.